The molecule has 0 aliphatic carbocycles. The molecule has 2 nitrogen and oxygen atoms in total. The molecule has 0 atom stereocenters. The fourth-order valence-electron chi connectivity index (χ4n) is 1.25. The molecular weight excluding hydrogens is 203 g/mol. The smallest absolute Gasteiger partial charge is 0.127 e. The van der Waals surface area contributed by atoms with Crippen molar-refractivity contribution in [3.05, 3.63) is 34.6 Å². The summed E-state index contributed by atoms with van der Waals surface area (Å²) in [7, 11) is 1.90. The minimum atomic E-state index is -0.224. The van der Waals surface area contributed by atoms with E-state index in [4.69, 9.17) is 17.3 Å². The molecule has 0 aliphatic rings. The van der Waals surface area contributed by atoms with Crippen LogP contribution in [-0.2, 0) is 6.54 Å². The third-order valence-electron chi connectivity index (χ3n) is 1.96. The lowest BCUT2D eigenvalue weighted by atomic mass is 10.2. The summed E-state index contributed by atoms with van der Waals surface area (Å²) in [5, 5.41) is 0.558. The van der Waals surface area contributed by atoms with E-state index in [9.17, 15) is 4.39 Å². The zero-order valence-corrected chi connectivity index (χ0v) is 8.89. The van der Waals surface area contributed by atoms with E-state index >= 15 is 0 Å². The van der Waals surface area contributed by atoms with Gasteiger partial charge >= 0.3 is 0 Å². The second kappa shape index (κ2) is 5.29. The summed E-state index contributed by atoms with van der Waals surface area (Å²) in [6.07, 6.45) is 0. The largest absolute Gasteiger partial charge is 0.329 e. The molecule has 1 aromatic carbocycles. The van der Waals surface area contributed by atoms with Crippen molar-refractivity contribution in [2.24, 2.45) is 5.73 Å². The lowest BCUT2D eigenvalue weighted by Gasteiger charge is -2.15. The molecule has 1 aromatic rings. The number of nitrogens with zero attached hydrogens (tertiary/aromatic N) is 1. The van der Waals surface area contributed by atoms with E-state index in [1.807, 2.05) is 11.9 Å². The molecule has 0 unspecified atom stereocenters. The topological polar surface area (TPSA) is 29.3 Å². The molecular formula is C10H14ClFN2. The molecule has 0 amide bonds. The Labute approximate surface area is 88.5 Å². The maximum Gasteiger partial charge on any atom is 0.127 e. The van der Waals surface area contributed by atoms with Gasteiger partial charge in [0.15, 0.2) is 0 Å². The van der Waals surface area contributed by atoms with Crippen molar-refractivity contribution in [1.29, 1.82) is 0 Å². The van der Waals surface area contributed by atoms with Crippen molar-refractivity contribution in [1.82, 2.24) is 4.90 Å². The SMILES string of the molecule is CN(CCN)Cc1cc(Cl)ccc1F. The Morgan fingerprint density at radius 2 is 2.21 bits per heavy atom. The molecule has 0 bridgehead atoms. The van der Waals surface area contributed by atoms with Gasteiger partial charge in [0.05, 0.1) is 0 Å². The van der Waals surface area contributed by atoms with Gasteiger partial charge in [-0.3, -0.25) is 0 Å². The predicted molar refractivity (Wildman–Crippen MR) is 56.8 cm³/mol. The Morgan fingerprint density at radius 3 is 2.86 bits per heavy atom. The van der Waals surface area contributed by atoms with Gasteiger partial charge in [0.25, 0.3) is 0 Å². The van der Waals surface area contributed by atoms with Crippen LogP contribution in [0.1, 0.15) is 5.56 Å². The standard InChI is InChI=1S/C10H14ClFN2/c1-14(5-4-13)7-8-6-9(11)2-3-10(8)12/h2-3,6H,4-5,7,13H2,1H3. The van der Waals surface area contributed by atoms with E-state index in [0.29, 0.717) is 23.7 Å². The molecule has 4 heteroatoms. The highest BCUT2D eigenvalue weighted by atomic mass is 35.5. The first kappa shape index (κ1) is 11.4. The highest BCUT2D eigenvalue weighted by molar-refractivity contribution is 6.30. The van der Waals surface area contributed by atoms with Crippen LogP contribution in [0, 0.1) is 5.82 Å². The first-order valence-electron chi connectivity index (χ1n) is 4.46. The van der Waals surface area contributed by atoms with E-state index in [1.54, 1.807) is 12.1 Å². The second-order valence-electron chi connectivity index (χ2n) is 3.26. The highest BCUT2D eigenvalue weighted by Crippen LogP contribution is 2.15. The van der Waals surface area contributed by atoms with E-state index in [-0.39, 0.29) is 5.82 Å². The highest BCUT2D eigenvalue weighted by Gasteiger charge is 2.05. The van der Waals surface area contributed by atoms with Crippen molar-refractivity contribution in [2.75, 3.05) is 20.1 Å². The number of benzene rings is 1. The third-order valence-corrected chi connectivity index (χ3v) is 2.19. The third kappa shape index (κ3) is 3.25. The Morgan fingerprint density at radius 1 is 1.50 bits per heavy atom. The molecule has 14 heavy (non-hydrogen) atoms. The minimum Gasteiger partial charge on any atom is -0.329 e. The normalized spacial score (nSPS) is 10.9. The molecule has 0 saturated carbocycles. The number of likely N-dealkylation sites (N-methyl/N-ethyl adjacent to an activating group) is 1. The maximum absolute atomic E-state index is 13.3. The summed E-state index contributed by atoms with van der Waals surface area (Å²) < 4.78 is 13.3. The first-order chi connectivity index (χ1) is 6.63. The fraction of sp³-hybridized carbons (Fsp3) is 0.400. The van der Waals surface area contributed by atoms with Gasteiger partial charge in [0, 0.05) is 30.2 Å². The molecule has 0 heterocycles. The second-order valence-corrected chi connectivity index (χ2v) is 3.70. The van der Waals surface area contributed by atoms with Crippen LogP contribution < -0.4 is 5.73 Å². The number of hydrogen-bond acceptors (Lipinski definition) is 2. The summed E-state index contributed by atoms with van der Waals surface area (Å²) in [5.74, 6) is -0.224. The van der Waals surface area contributed by atoms with Gasteiger partial charge in [-0.25, -0.2) is 4.39 Å². The summed E-state index contributed by atoms with van der Waals surface area (Å²) >= 11 is 5.77. The molecule has 0 aromatic heterocycles. The molecule has 0 spiro atoms. The Hall–Kier alpha value is -0.640. The molecule has 78 valence electrons. The van der Waals surface area contributed by atoms with Crippen LogP contribution >= 0.6 is 11.6 Å². The molecule has 0 radical (unpaired) electrons. The average molecular weight is 217 g/mol. The van der Waals surface area contributed by atoms with Gasteiger partial charge in [0.1, 0.15) is 5.82 Å². The molecule has 0 aliphatic heterocycles. The van der Waals surface area contributed by atoms with Crippen molar-refractivity contribution in [3.8, 4) is 0 Å². The summed E-state index contributed by atoms with van der Waals surface area (Å²) in [6.45, 7) is 1.84. The minimum absolute atomic E-state index is 0.224. The quantitative estimate of drug-likeness (QED) is 0.833. The van der Waals surface area contributed by atoms with Crippen LogP contribution in [-0.4, -0.2) is 25.0 Å². The van der Waals surface area contributed by atoms with Crippen LogP contribution in [0.5, 0.6) is 0 Å². The van der Waals surface area contributed by atoms with Gasteiger partial charge in [-0.2, -0.15) is 0 Å². The van der Waals surface area contributed by atoms with Crippen LogP contribution in [0.3, 0.4) is 0 Å². The van der Waals surface area contributed by atoms with Crippen LogP contribution in [0.25, 0.3) is 0 Å². The number of hydrogen-bond donors (Lipinski definition) is 1. The van der Waals surface area contributed by atoms with Crippen LogP contribution in [0.15, 0.2) is 18.2 Å². The first-order valence-corrected chi connectivity index (χ1v) is 4.84. The molecule has 2 N–H and O–H groups in total. The van der Waals surface area contributed by atoms with Crippen LogP contribution in [0.4, 0.5) is 4.39 Å². The summed E-state index contributed by atoms with van der Waals surface area (Å²) in [5.41, 5.74) is 5.99. The Bertz CT molecular complexity index is 304. The average Bonchev–Trinajstić information content (AvgIpc) is 2.12. The maximum atomic E-state index is 13.3. The predicted octanol–water partition coefficient (Wildman–Crippen LogP) is 1.87. The lowest BCUT2D eigenvalue weighted by Crippen LogP contribution is -2.25. The van der Waals surface area contributed by atoms with Gasteiger partial charge in [-0.15, -0.1) is 0 Å². The molecule has 0 fully saturated rings. The van der Waals surface area contributed by atoms with E-state index in [1.165, 1.54) is 6.07 Å². The van der Waals surface area contributed by atoms with Crippen molar-refractivity contribution >= 4 is 11.6 Å². The van der Waals surface area contributed by atoms with Gasteiger partial charge in [-0.05, 0) is 25.2 Å². The monoisotopic (exact) mass is 216 g/mol. The number of halogens is 2. The molecule has 0 saturated heterocycles. The summed E-state index contributed by atoms with van der Waals surface area (Å²) in [4.78, 5) is 1.95. The van der Waals surface area contributed by atoms with Crippen molar-refractivity contribution < 1.29 is 4.39 Å². The van der Waals surface area contributed by atoms with Crippen LogP contribution in [0.2, 0.25) is 5.02 Å². The van der Waals surface area contributed by atoms with E-state index in [0.717, 1.165) is 6.54 Å². The lowest BCUT2D eigenvalue weighted by molar-refractivity contribution is 0.330. The van der Waals surface area contributed by atoms with E-state index < -0.39 is 0 Å². The zero-order chi connectivity index (χ0) is 10.6. The van der Waals surface area contributed by atoms with Crippen molar-refractivity contribution in [3.63, 3.8) is 0 Å². The fourth-order valence-corrected chi connectivity index (χ4v) is 1.45. The zero-order valence-electron chi connectivity index (χ0n) is 8.13. The number of nitrogens with two attached hydrogens (primary N) is 1. The Balaban J connectivity index is 2.70. The molecule has 1 rings (SSSR count). The van der Waals surface area contributed by atoms with E-state index in [2.05, 4.69) is 0 Å². The summed E-state index contributed by atoms with van der Waals surface area (Å²) in [6, 6.07) is 4.57. The Kier molecular flexibility index (Phi) is 4.32. The van der Waals surface area contributed by atoms with Gasteiger partial charge in [-0.1, -0.05) is 11.6 Å². The number of rotatable bonds is 4. The van der Waals surface area contributed by atoms with Gasteiger partial charge in [0.2, 0.25) is 0 Å². The van der Waals surface area contributed by atoms with Crippen molar-refractivity contribution in [2.45, 2.75) is 6.54 Å². The van der Waals surface area contributed by atoms with Gasteiger partial charge < -0.3 is 10.6 Å².